The van der Waals surface area contributed by atoms with Crippen molar-refractivity contribution < 1.29 is 32.6 Å². The molecule has 3 rings (SSSR count). The van der Waals surface area contributed by atoms with Crippen molar-refractivity contribution in [3.63, 3.8) is 0 Å². The maximum atomic E-state index is 12.6. The fourth-order valence-corrected chi connectivity index (χ4v) is 2.61. The van der Waals surface area contributed by atoms with Gasteiger partial charge in [-0.25, -0.2) is 9.78 Å². The highest BCUT2D eigenvalue weighted by Gasteiger charge is 2.17. The number of hydrogen-bond donors (Lipinski definition) is 1. The van der Waals surface area contributed by atoms with Gasteiger partial charge in [-0.05, 0) is 36.4 Å². The lowest BCUT2D eigenvalue weighted by Crippen LogP contribution is -2.16. The summed E-state index contributed by atoms with van der Waals surface area (Å²) in [5, 5.41) is 9.08. The fourth-order valence-electron chi connectivity index (χ4n) is 2.61. The van der Waals surface area contributed by atoms with E-state index in [0.29, 0.717) is 17.1 Å². The monoisotopic (exact) mass is 390 g/mol. The zero-order valence-electron chi connectivity index (χ0n) is 14.7. The van der Waals surface area contributed by atoms with Gasteiger partial charge in [0, 0.05) is 17.4 Å². The molecule has 2 aromatic carbocycles. The van der Waals surface area contributed by atoms with E-state index in [2.05, 4.69) is 9.72 Å². The smallest absolute Gasteiger partial charge is 0.387 e. The van der Waals surface area contributed by atoms with Gasteiger partial charge in [0.15, 0.2) is 17.9 Å². The molecule has 0 amide bonds. The van der Waals surface area contributed by atoms with Crippen molar-refractivity contribution in [2.75, 3.05) is 12.0 Å². The van der Waals surface area contributed by atoms with E-state index >= 15 is 0 Å². The van der Waals surface area contributed by atoms with Gasteiger partial charge in [-0.2, -0.15) is 8.78 Å². The van der Waals surface area contributed by atoms with Crippen LogP contribution in [0.25, 0.3) is 0 Å². The van der Waals surface area contributed by atoms with Crippen LogP contribution in [0, 0.1) is 0 Å². The largest absolute Gasteiger partial charge is 0.493 e. The maximum Gasteiger partial charge on any atom is 0.387 e. The number of hydrogen-bond acceptors (Lipinski definition) is 6. The number of carbonyl (C=O) groups is 1. The number of oxazole rings is 1. The second-order valence-electron chi connectivity index (χ2n) is 5.62. The molecule has 0 spiro atoms. The van der Waals surface area contributed by atoms with Gasteiger partial charge < -0.3 is 23.9 Å². The highest BCUT2D eigenvalue weighted by atomic mass is 19.3. The van der Waals surface area contributed by atoms with Gasteiger partial charge >= 0.3 is 12.6 Å². The molecule has 9 heteroatoms. The highest BCUT2D eigenvalue weighted by Crippen LogP contribution is 2.36. The molecule has 146 valence electrons. The summed E-state index contributed by atoms with van der Waals surface area (Å²) in [7, 11) is 1.35. The SMILES string of the molecule is COc1cc(N(Cc2cnco2)c2ccc(C(=O)O)cc2)ccc1OC(F)F. The summed E-state index contributed by atoms with van der Waals surface area (Å²) in [4.78, 5) is 16.8. The van der Waals surface area contributed by atoms with Crippen molar-refractivity contribution in [1.82, 2.24) is 4.98 Å². The van der Waals surface area contributed by atoms with Crippen LogP contribution in [0.5, 0.6) is 11.5 Å². The number of anilines is 2. The standard InChI is InChI=1S/C19H16F2N2O5/c1-26-17-8-14(6-7-16(17)28-19(20)21)23(10-15-9-22-11-27-15)13-4-2-12(3-5-13)18(24)25/h2-9,11,19H,10H2,1H3,(H,24,25). The van der Waals surface area contributed by atoms with Gasteiger partial charge in [0.2, 0.25) is 0 Å². The molecule has 0 atom stereocenters. The predicted molar refractivity (Wildman–Crippen MR) is 95.4 cm³/mol. The normalized spacial score (nSPS) is 10.7. The molecule has 1 aromatic heterocycles. The zero-order valence-corrected chi connectivity index (χ0v) is 14.7. The summed E-state index contributed by atoms with van der Waals surface area (Å²) in [6.07, 6.45) is 2.84. The van der Waals surface area contributed by atoms with Gasteiger partial charge in [-0.15, -0.1) is 0 Å². The Morgan fingerprint density at radius 3 is 2.46 bits per heavy atom. The molecule has 3 aromatic rings. The first-order valence-electron chi connectivity index (χ1n) is 8.09. The number of rotatable bonds is 8. The summed E-state index contributed by atoms with van der Waals surface area (Å²) in [6.45, 7) is -2.71. The van der Waals surface area contributed by atoms with Crippen LogP contribution in [0.3, 0.4) is 0 Å². The Morgan fingerprint density at radius 1 is 1.18 bits per heavy atom. The molecule has 0 bridgehead atoms. The molecule has 0 unspecified atom stereocenters. The summed E-state index contributed by atoms with van der Waals surface area (Å²) in [6, 6.07) is 10.7. The Kier molecular flexibility index (Phi) is 5.73. The van der Waals surface area contributed by atoms with Crippen molar-refractivity contribution in [3.8, 4) is 11.5 Å². The summed E-state index contributed by atoms with van der Waals surface area (Å²) in [5.41, 5.74) is 1.39. The minimum atomic E-state index is -2.98. The third kappa shape index (κ3) is 4.37. The quantitative estimate of drug-likeness (QED) is 0.613. The number of methoxy groups -OCH3 is 1. The first-order chi connectivity index (χ1) is 13.5. The Balaban J connectivity index is 1.99. The van der Waals surface area contributed by atoms with Crippen LogP contribution < -0.4 is 14.4 Å². The van der Waals surface area contributed by atoms with E-state index in [9.17, 15) is 13.6 Å². The van der Waals surface area contributed by atoms with E-state index in [1.54, 1.807) is 35.4 Å². The predicted octanol–water partition coefficient (Wildman–Crippen LogP) is 4.32. The third-order valence-electron chi connectivity index (χ3n) is 3.90. The molecule has 0 aliphatic rings. The number of carboxylic acids is 1. The Labute approximate surface area is 158 Å². The number of alkyl halides is 2. The van der Waals surface area contributed by atoms with Gasteiger partial charge in [0.1, 0.15) is 5.76 Å². The Bertz CT molecular complexity index is 930. The van der Waals surface area contributed by atoms with E-state index < -0.39 is 12.6 Å². The molecule has 0 aliphatic carbocycles. The van der Waals surface area contributed by atoms with Crippen molar-refractivity contribution in [3.05, 3.63) is 66.4 Å². The van der Waals surface area contributed by atoms with Gasteiger partial charge in [-0.1, -0.05) is 0 Å². The maximum absolute atomic E-state index is 12.6. The molecule has 0 fully saturated rings. The van der Waals surface area contributed by atoms with Crippen molar-refractivity contribution >= 4 is 17.3 Å². The van der Waals surface area contributed by atoms with Crippen LogP contribution in [-0.4, -0.2) is 29.8 Å². The number of benzene rings is 2. The number of ether oxygens (including phenoxy) is 2. The molecule has 0 saturated heterocycles. The first-order valence-corrected chi connectivity index (χ1v) is 8.09. The first kappa shape index (κ1) is 19.2. The molecule has 7 nitrogen and oxygen atoms in total. The van der Waals surface area contributed by atoms with Crippen molar-refractivity contribution in [2.45, 2.75) is 13.2 Å². The van der Waals surface area contributed by atoms with Crippen LogP contribution in [0.2, 0.25) is 0 Å². The lowest BCUT2D eigenvalue weighted by molar-refractivity contribution is -0.0512. The second kappa shape index (κ2) is 8.38. The van der Waals surface area contributed by atoms with Crippen LogP contribution in [0.4, 0.5) is 20.2 Å². The van der Waals surface area contributed by atoms with Gasteiger partial charge in [0.05, 0.1) is 25.4 Å². The van der Waals surface area contributed by atoms with Crippen molar-refractivity contribution in [2.24, 2.45) is 0 Å². The number of carboxylic acid groups (broad SMARTS) is 1. The summed E-state index contributed by atoms with van der Waals surface area (Å²) in [5.74, 6) is -0.456. The number of nitrogens with zero attached hydrogens (tertiary/aromatic N) is 2. The van der Waals surface area contributed by atoms with E-state index in [0.717, 1.165) is 0 Å². The fraction of sp³-hybridized carbons (Fsp3) is 0.158. The van der Waals surface area contributed by atoms with E-state index in [4.69, 9.17) is 14.3 Å². The lowest BCUT2D eigenvalue weighted by Gasteiger charge is -2.25. The van der Waals surface area contributed by atoms with Crippen molar-refractivity contribution in [1.29, 1.82) is 0 Å². The third-order valence-corrected chi connectivity index (χ3v) is 3.90. The molecule has 1 N–H and O–H groups in total. The highest BCUT2D eigenvalue weighted by molar-refractivity contribution is 5.88. The van der Waals surface area contributed by atoms with Crippen LogP contribution >= 0.6 is 0 Å². The Hall–Kier alpha value is -3.62. The zero-order chi connectivity index (χ0) is 20.1. The average molecular weight is 390 g/mol. The lowest BCUT2D eigenvalue weighted by atomic mass is 10.1. The topological polar surface area (TPSA) is 85.0 Å². The molecular formula is C19H16F2N2O5. The molecule has 0 saturated carbocycles. The van der Waals surface area contributed by atoms with Gasteiger partial charge in [0.25, 0.3) is 0 Å². The second-order valence-corrected chi connectivity index (χ2v) is 5.62. The molecule has 0 aliphatic heterocycles. The van der Waals surface area contributed by atoms with E-state index in [1.165, 1.54) is 31.7 Å². The number of aromatic carboxylic acids is 1. The van der Waals surface area contributed by atoms with Crippen LogP contribution in [-0.2, 0) is 6.54 Å². The molecule has 28 heavy (non-hydrogen) atoms. The van der Waals surface area contributed by atoms with E-state index in [1.807, 2.05) is 0 Å². The minimum absolute atomic E-state index is 0.0953. The summed E-state index contributed by atoms with van der Waals surface area (Å²) >= 11 is 0. The number of aromatic nitrogens is 1. The average Bonchev–Trinajstić information content (AvgIpc) is 3.19. The Morgan fingerprint density at radius 2 is 1.89 bits per heavy atom. The van der Waals surface area contributed by atoms with Gasteiger partial charge in [-0.3, -0.25) is 0 Å². The molecular weight excluding hydrogens is 374 g/mol. The minimum Gasteiger partial charge on any atom is -0.493 e. The summed E-state index contributed by atoms with van der Waals surface area (Å²) < 4.78 is 40.0. The van der Waals surface area contributed by atoms with E-state index in [-0.39, 0.29) is 23.6 Å². The van der Waals surface area contributed by atoms with Crippen LogP contribution in [0.1, 0.15) is 16.1 Å². The number of halogens is 2. The molecule has 1 heterocycles. The van der Waals surface area contributed by atoms with Crippen LogP contribution in [0.15, 0.2) is 59.5 Å². The molecule has 0 radical (unpaired) electrons.